The second-order valence-electron chi connectivity index (χ2n) is 5.62. The lowest BCUT2D eigenvalue weighted by molar-refractivity contribution is -0.135. The van der Waals surface area contributed by atoms with Gasteiger partial charge in [0.25, 0.3) is 0 Å². The second kappa shape index (κ2) is 3.16. The third-order valence-electron chi connectivity index (χ3n) is 4.63. The van der Waals surface area contributed by atoms with Gasteiger partial charge < -0.3 is 0 Å². The van der Waals surface area contributed by atoms with Crippen molar-refractivity contribution >= 4 is 11.6 Å². The van der Waals surface area contributed by atoms with Crippen LogP contribution in [0.1, 0.15) is 51.4 Å². The molecule has 0 N–H and O–H groups in total. The Kier molecular flexibility index (Phi) is 2.02. The van der Waals surface area contributed by atoms with Crippen molar-refractivity contribution in [1.29, 1.82) is 0 Å². The van der Waals surface area contributed by atoms with E-state index < -0.39 is 0 Å². The van der Waals surface area contributed by atoms with E-state index in [0.29, 0.717) is 5.78 Å². The van der Waals surface area contributed by atoms with Crippen molar-refractivity contribution < 1.29 is 9.59 Å². The Morgan fingerprint density at radius 3 is 2.33 bits per heavy atom. The number of rotatable bonds is 2. The summed E-state index contributed by atoms with van der Waals surface area (Å²) in [4.78, 5) is 24.2. The molecular weight excluding hydrogens is 188 g/mol. The maximum Gasteiger partial charge on any atom is 0.149 e. The standard InChI is InChI=1S/C13H18O2/c14-11(9-3-4-9)10-5-8-13(12(10)15)6-1-2-7-13/h9-10H,1-8H2. The SMILES string of the molecule is O=C(C1CC1)C1CCC2(CCCC2)C1=O. The minimum atomic E-state index is -0.199. The first-order valence-electron chi connectivity index (χ1n) is 6.31. The van der Waals surface area contributed by atoms with Crippen LogP contribution >= 0.6 is 0 Å². The summed E-state index contributed by atoms with van der Waals surface area (Å²) in [6, 6.07) is 0. The molecule has 0 bridgehead atoms. The van der Waals surface area contributed by atoms with Crippen molar-refractivity contribution in [2.24, 2.45) is 17.3 Å². The van der Waals surface area contributed by atoms with E-state index in [2.05, 4.69) is 0 Å². The smallest absolute Gasteiger partial charge is 0.149 e. The van der Waals surface area contributed by atoms with Crippen LogP contribution < -0.4 is 0 Å². The maximum atomic E-state index is 12.3. The van der Waals surface area contributed by atoms with Gasteiger partial charge in [-0.15, -0.1) is 0 Å². The monoisotopic (exact) mass is 206 g/mol. The predicted molar refractivity (Wildman–Crippen MR) is 56.4 cm³/mol. The zero-order valence-corrected chi connectivity index (χ0v) is 9.13. The number of carbonyl (C=O) groups excluding carboxylic acids is 2. The van der Waals surface area contributed by atoms with Gasteiger partial charge in [-0.3, -0.25) is 9.59 Å². The number of ketones is 2. The van der Waals surface area contributed by atoms with Gasteiger partial charge in [0.15, 0.2) is 0 Å². The molecule has 3 rings (SSSR count). The van der Waals surface area contributed by atoms with Gasteiger partial charge in [0, 0.05) is 11.3 Å². The van der Waals surface area contributed by atoms with E-state index in [0.717, 1.165) is 38.5 Å². The van der Waals surface area contributed by atoms with Gasteiger partial charge in [-0.2, -0.15) is 0 Å². The number of hydrogen-bond donors (Lipinski definition) is 0. The molecule has 2 nitrogen and oxygen atoms in total. The van der Waals surface area contributed by atoms with Crippen LogP contribution in [0, 0.1) is 17.3 Å². The van der Waals surface area contributed by atoms with Crippen LogP contribution in [0.3, 0.4) is 0 Å². The fraction of sp³-hybridized carbons (Fsp3) is 0.846. The van der Waals surface area contributed by atoms with E-state index in [1.54, 1.807) is 0 Å². The van der Waals surface area contributed by atoms with E-state index >= 15 is 0 Å². The minimum Gasteiger partial charge on any atom is -0.299 e. The summed E-state index contributed by atoms with van der Waals surface area (Å²) in [6.45, 7) is 0. The average Bonchev–Trinajstić information content (AvgIpc) is 2.91. The van der Waals surface area contributed by atoms with Gasteiger partial charge in [0.1, 0.15) is 11.6 Å². The van der Waals surface area contributed by atoms with Gasteiger partial charge in [0.2, 0.25) is 0 Å². The van der Waals surface area contributed by atoms with Crippen LogP contribution in [-0.2, 0) is 9.59 Å². The van der Waals surface area contributed by atoms with Crippen molar-refractivity contribution in [1.82, 2.24) is 0 Å². The molecule has 3 aliphatic rings. The molecule has 82 valence electrons. The Balaban J connectivity index is 1.77. The topological polar surface area (TPSA) is 34.1 Å². The fourth-order valence-corrected chi connectivity index (χ4v) is 3.52. The highest BCUT2D eigenvalue weighted by Gasteiger charge is 2.52. The Hall–Kier alpha value is -0.660. The molecule has 3 fully saturated rings. The second-order valence-corrected chi connectivity index (χ2v) is 5.62. The van der Waals surface area contributed by atoms with Gasteiger partial charge >= 0.3 is 0 Å². The summed E-state index contributed by atoms with van der Waals surface area (Å²) in [6.07, 6.45) is 8.42. The van der Waals surface area contributed by atoms with E-state index in [1.165, 1.54) is 12.8 Å². The number of carbonyl (C=O) groups is 2. The molecule has 0 amide bonds. The number of Topliss-reactive ketones (excluding diaryl/α,β-unsaturated/α-hetero) is 2. The Bertz CT molecular complexity index is 308. The molecule has 0 aromatic heterocycles. The molecule has 0 aromatic rings. The minimum absolute atomic E-state index is 0.0464. The lowest BCUT2D eigenvalue weighted by Crippen LogP contribution is -2.29. The van der Waals surface area contributed by atoms with Crippen molar-refractivity contribution in [2.45, 2.75) is 51.4 Å². The van der Waals surface area contributed by atoms with E-state index in [4.69, 9.17) is 0 Å². The molecule has 0 heterocycles. The Morgan fingerprint density at radius 2 is 1.73 bits per heavy atom. The molecule has 3 aliphatic carbocycles. The molecule has 0 aromatic carbocycles. The normalized spacial score (nSPS) is 33.9. The molecule has 1 unspecified atom stereocenters. The summed E-state index contributed by atoms with van der Waals surface area (Å²) in [5, 5.41) is 0. The van der Waals surface area contributed by atoms with Crippen molar-refractivity contribution in [3.8, 4) is 0 Å². The van der Waals surface area contributed by atoms with Gasteiger partial charge in [0.05, 0.1) is 5.92 Å². The summed E-state index contributed by atoms with van der Waals surface area (Å²) in [5.41, 5.74) is -0.0464. The van der Waals surface area contributed by atoms with E-state index in [1.807, 2.05) is 0 Å². The zero-order valence-electron chi connectivity index (χ0n) is 9.13. The van der Waals surface area contributed by atoms with Crippen LogP contribution in [0.4, 0.5) is 0 Å². The molecule has 1 atom stereocenters. The molecule has 2 heteroatoms. The fourth-order valence-electron chi connectivity index (χ4n) is 3.52. The third-order valence-corrected chi connectivity index (χ3v) is 4.63. The molecular formula is C13H18O2. The van der Waals surface area contributed by atoms with Gasteiger partial charge in [-0.1, -0.05) is 12.8 Å². The lowest BCUT2D eigenvalue weighted by Gasteiger charge is -2.20. The maximum absolute atomic E-state index is 12.3. The van der Waals surface area contributed by atoms with Gasteiger partial charge in [-0.05, 0) is 38.5 Å². The highest BCUT2D eigenvalue weighted by molar-refractivity contribution is 6.07. The molecule has 15 heavy (non-hydrogen) atoms. The summed E-state index contributed by atoms with van der Waals surface area (Å²) in [7, 11) is 0. The molecule has 0 aliphatic heterocycles. The van der Waals surface area contributed by atoms with Crippen LogP contribution in [-0.4, -0.2) is 11.6 Å². The van der Waals surface area contributed by atoms with Crippen LogP contribution in [0.5, 0.6) is 0 Å². The quantitative estimate of drug-likeness (QED) is 0.650. The van der Waals surface area contributed by atoms with Crippen molar-refractivity contribution in [3.63, 3.8) is 0 Å². The highest BCUT2D eigenvalue weighted by atomic mass is 16.2. The Morgan fingerprint density at radius 1 is 1.07 bits per heavy atom. The van der Waals surface area contributed by atoms with Crippen LogP contribution in [0.15, 0.2) is 0 Å². The van der Waals surface area contributed by atoms with Crippen LogP contribution in [0.2, 0.25) is 0 Å². The third kappa shape index (κ3) is 1.37. The van der Waals surface area contributed by atoms with Crippen LogP contribution in [0.25, 0.3) is 0 Å². The Labute approximate surface area is 90.4 Å². The summed E-state index contributed by atoms with van der Waals surface area (Å²) >= 11 is 0. The zero-order chi connectivity index (χ0) is 10.5. The van der Waals surface area contributed by atoms with Crippen molar-refractivity contribution in [3.05, 3.63) is 0 Å². The first kappa shape index (κ1) is 9.56. The molecule has 0 radical (unpaired) electrons. The van der Waals surface area contributed by atoms with E-state index in [9.17, 15) is 9.59 Å². The summed E-state index contributed by atoms with van der Waals surface area (Å²) < 4.78 is 0. The molecule has 3 saturated carbocycles. The predicted octanol–water partition coefficient (Wildman–Crippen LogP) is 2.51. The first-order chi connectivity index (χ1) is 7.23. The van der Waals surface area contributed by atoms with Crippen molar-refractivity contribution in [2.75, 3.05) is 0 Å². The highest BCUT2D eigenvalue weighted by Crippen LogP contribution is 2.51. The largest absolute Gasteiger partial charge is 0.299 e. The van der Waals surface area contributed by atoms with E-state index in [-0.39, 0.29) is 23.0 Å². The van der Waals surface area contributed by atoms with Gasteiger partial charge in [-0.25, -0.2) is 0 Å². The average molecular weight is 206 g/mol. The number of hydrogen-bond acceptors (Lipinski definition) is 2. The first-order valence-corrected chi connectivity index (χ1v) is 6.31. The summed E-state index contributed by atoms with van der Waals surface area (Å²) in [5.74, 6) is 0.659. The lowest BCUT2D eigenvalue weighted by atomic mass is 9.81. The molecule has 0 saturated heterocycles. The molecule has 1 spiro atoms.